The molecule has 0 radical (unpaired) electrons. The van der Waals surface area contributed by atoms with Gasteiger partial charge in [0.05, 0.1) is 17.1 Å². The highest BCUT2D eigenvalue weighted by molar-refractivity contribution is 6.02. The fourth-order valence-electron chi connectivity index (χ4n) is 6.89. The van der Waals surface area contributed by atoms with Crippen molar-refractivity contribution in [1.29, 1.82) is 0 Å². The van der Waals surface area contributed by atoms with Crippen LogP contribution in [0.3, 0.4) is 0 Å². The summed E-state index contributed by atoms with van der Waals surface area (Å²) in [5.74, 6) is 0.208. The van der Waals surface area contributed by atoms with E-state index in [-0.39, 0.29) is 17.7 Å². The van der Waals surface area contributed by atoms with Crippen molar-refractivity contribution in [2.75, 3.05) is 24.5 Å². The molecule has 1 aliphatic carbocycles. The summed E-state index contributed by atoms with van der Waals surface area (Å²) in [5.41, 5.74) is 3.04. The fourth-order valence-corrected chi connectivity index (χ4v) is 6.89. The zero-order valence-electron chi connectivity index (χ0n) is 22.3. The number of nitrogens with zero attached hydrogens (tertiary/aromatic N) is 4. The van der Waals surface area contributed by atoms with Crippen LogP contribution in [-0.4, -0.2) is 58.2 Å². The highest BCUT2D eigenvalue weighted by Crippen LogP contribution is 2.33. The van der Waals surface area contributed by atoms with E-state index in [1.807, 2.05) is 11.7 Å². The quantitative estimate of drug-likeness (QED) is 0.446. The van der Waals surface area contributed by atoms with Gasteiger partial charge in [-0.2, -0.15) is 5.10 Å². The van der Waals surface area contributed by atoms with Gasteiger partial charge in [-0.3, -0.25) is 24.5 Å². The Bertz CT molecular complexity index is 1080. The predicted molar refractivity (Wildman–Crippen MR) is 144 cm³/mol. The molecule has 3 heterocycles. The molecule has 3 atom stereocenters. The van der Waals surface area contributed by atoms with Gasteiger partial charge in [0, 0.05) is 49.7 Å². The molecule has 3 fully saturated rings. The number of hydrogen-bond acceptors (Lipinski definition) is 5. The lowest BCUT2D eigenvalue weighted by molar-refractivity contribution is -0.134. The molecular formula is C29H43N5O2. The molecule has 2 saturated heterocycles. The second-order valence-electron chi connectivity index (χ2n) is 11.6. The van der Waals surface area contributed by atoms with Crippen LogP contribution in [0.1, 0.15) is 89.7 Å². The number of amides is 2. The van der Waals surface area contributed by atoms with Crippen molar-refractivity contribution < 1.29 is 9.59 Å². The Balaban J connectivity index is 1.21. The van der Waals surface area contributed by atoms with Gasteiger partial charge in [0.15, 0.2) is 0 Å². The molecule has 1 aromatic carbocycles. The van der Waals surface area contributed by atoms with Crippen molar-refractivity contribution >= 4 is 28.4 Å². The first-order valence-corrected chi connectivity index (χ1v) is 14.2. The van der Waals surface area contributed by atoms with Gasteiger partial charge in [-0.25, -0.2) is 0 Å². The first-order valence-electron chi connectivity index (χ1n) is 14.2. The summed E-state index contributed by atoms with van der Waals surface area (Å²) >= 11 is 0. The normalized spacial score (nSPS) is 26.5. The van der Waals surface area contributed by atoms with E-state index in [0.717, 1.165) is 35.6 Å². The second-order valence-corrected chi connectivity index (χ2v) is 11.6. The van der Waals surface area contributed by atoms with Crippen molar-refractivity contribution in [2.24, 2.45) is 13.0 Å². The molecule has 1 saturated carbocycles. The number of aryl methyl sites for hydroxylation is 1. The minimum Gasteiger partial charge on any atom is -0.368 e. The number of hydrogen-bond donors (Lipinski definition) is 1. The summed E-state index contributed by atoms with van der Waals surface area (Å²) in [6.45, 7) is 7.99. The first-order chi connectivity index (χ1) is 17.4. The number of benzene rings is 1. The Morgan fingerprint density at radius 2 is 1.75 bits per heavy atom. The Kier molecular flexibility index (Phi) is 7.65. The monoisotopic (exact) mass is 493 g/mol. The zero-order valence-corrected chi connectivity index (χ0v) is 22.3. The van der Waals surface area contributed by atoms with E-state index in [1.165, 1.54) is 63.6 Å². The standard InChI is InChI=1S/C29H43N5O2/c1-20-18-33(19-21(2)34(20)16-8-7-11-22-9-5-4-6-10-22)23-12-13-24-26(17-23)32(3)31-28(24)25-14-15-27(35)30-29(25)36/h12-13,17,20-22,25H,4-11,14-16,18-19H2,1-3H3,(H,30,35,36)/t20-,21+,25?. The summed E-state index contributed by atoms with van der Waals surface area (Å²) in [5, 5.41) is 8.19. The molecule has 36 heavy (non-hydrogen) atoms. The number of anilines is 1. The summed E-state index contributed by atoms with van der Waals surface area (Å²) in [7, 11) is 1.94. The van der Waals surface area contributed by atoms with Gasteiger partial charge in [0.1, 0.15) is 0 Å². The molecule has 7 heteroatoms. The summed E-state index contributed by atoms with van der Waals surface area (Å²) < 4.78 is 1.88. The number of piperidine rings is 1. The maximum absolute atomic E-state index is 12.5. The predicted octanol–water partition coefficient (Wildman–Crippen LogP) is 4.74. The van der Waals surface area contributed by atoms with Crippen LogP contribution in [0.4, 0.5) is 5.69 Å². The Hall–Kier alpha value is -2.41. The molecule has 2 aromatic rings. The van der Waals surface area contributed by atoms with E-state index in [1.54, 1.807) is 0 Å². The SMILES string of the molecule is C[C@@H]1CN(c2ccc3c(C4CCC(=O)NC4=O)nn(C)c3c2)C[C@H](C)N1CCCCC1CCCCC1. The topological polar surface area (TPSA) is 70.5 Å². The number of nitrogens with one attached hydrogen (secondary N) is 1. The third-order valence-electron chi connectivity index (χ3n) is 8.90. The van der Waals surface area contributed by atoms with E-state index in [0.29, 0.717) is 24.9 Å². The lowest BCUT2D eigenvalue weighted by atomic mass is 9.86. The van der Waals surface area contributed by atoms with Crippen LogP contribution in [0, 0.1) is 5.92 Å². The summed E-state index contributed by atoms with van der Waals surface area (Å²) in [4.78, 5) is 29.3. The van der Waals surface area contributed by atoms with E-state index in [4.69, 9.17) is 5.10 Å². The van der Waals surface area contributed by atoms with Crippen LogP contribution in [0.15, 0.2) is 18.2 Å². The lowest BCUT2D eigenvalue weighted by Crippen LogP contribution is -2.57. The molecule has 0 bridgehead atoms. The second kappa shape index (κ2) is 10.9. The number of fused-ring (bicyclic) bond motifs is 1. The molecule has 7 nitrogen and oxygen atoms in total. The van der Waals surface area contributed by atoms with Crippen molar-refractivity contribution in [3.8, 4) is 0 Å². The van der Waals surface area contributed by atoms with Crippen LogP contribution in [0.5, 0.6) is 0 Å². The molecule has 5 rings (SSSR count). The van der Waals surface area contributed by atoms with E-state index < -0.39 is 0 Å². The molecule has 0 spiro atoms. The number of carbonyl (C=O) groups is 2. The average Bonchev–Trinajstić information content (AvgIpc) is 3.19. The maximum Gasteiger partial charge on any atom is 0.235 e. The molecule has 1 unspecified atom stereocenters. The minimum atomic E-state index is -0.362. The van der Waals surface area contributed by atoms with Gasteiger partial charge in [-0.1, -0.05) is 44.9 Å². The summed E-state index contributed by atoms with van der Waals surface area (Å²) in [6, 6.07) is 7.55. The number of piperazine rings is 1. The smallest absolute Gasteiger partial charge is 0.235 e. The van der Waals surface area contributed by atoms with Crippen LogP contribution in [-0.2, 0) is 16.6 Å². The number of aromatic nitrogens is 2. The van der Waals surface area contributed by atoms with Gasteiger partial charge in [0.2, 0.25) is 11.8 Å². The molecule has 3 aliphatic rings. The Morgan fingerprint density at radius 1 is 1.00 bits per heavy atom. The maximum atomic E-state index is 12.5. The summed E-state index contributed by atoms with van der Waals surface area (Å²) in [6.07, 6.45) is 12.3. The van der Waals surface area contributed by atoms with Crippen molar-refractivity contribution in [3.63, 3.8) is 0 Å². The Morgan fingerprint density at radius 3 is 2.47 bits per heavy atom. The van der Waals surface area contributed by atoms with Gasteiger partial charge < -0.3 is 4.90 Å². The number of imide groups is 1. The van der Waals surface area contributed by atoms with Crippen LogP contribution >= 0.6 is 0 Å². The van der Waals surface area contributed by atoms with Gasteiger partial charge in [-0.05, 0) is 57.4 Å². The number of rotatable bonds is 7. The molecule has 2 aliphatic heterocycles. The van der Waals surface area contributed by atoms with Crippen LogP contribution in [0.2, 0.25) is 0 Å². The molecule has 2 amide bonds. The van der Waals surface area contributed by atoms with Crippen LogP contribution in [0.25, 0.3) is 10.9 Å². The van der Waals surface area contributed by atoms with Crippen molar-refractivity contribution in [1.82, 2.24) is 20.0 Å². The third kappa shape index (κ3) is 5.31. The third-order valence-corrected chi connectivity index (χ3v) is 8.90. The average molecular weight is 494 g/mol. The van der Waals surface area contributed by atoms with Gasteiger partial charge in [0.25, 0.3) is 0 Å². The van der Waals surface area contributed by atoms with E-state index in [2.05, 4.69) is 47.2 Å². The van der Waals surface area contributed by atoms with Gasteiger partial charge in [-0.15, -0.1) is 0 Å². The lowest BCUT2D eigenvalue weighted by Gasteiger charge is -2.45. The van der Waals surface area contributed by atoms with Gasteiger partial charge >= 0.3 is 0 Å². The first kappa shape index (κ1) is 25.2. The van der Waals surface area contributed by atoms with Crippen LogP contribution < -0.4 is 10.2 Å². The fraction of sp³-hybridized carbons (Fsp3) is 0.690. The molecule has 1 N–H and O–H groups in total. The van der Waals surface area contributed by atoms with E-state index in [9.17, 15) is 9.59 Å². The van der Waals surface area contributed by atoms with E-state index >= 15 is 0 Å². The zero-order chi connectivity index (χ0) is 25.2. The van der Waals surface area contributed by atoms with Crippen molar-refractivity contribution in [2.45, 2.75) is 96.1 Å². The molecule has 1 aromatic heterocycles. The number of carbonyl (C=O) groups excluding carboxylic acids is 2. The largest absolute Gasteiger partial charge is 0.368 e. The number of unbranched alkanes of at least 4 members (excludes halogenated alkanes) is 1. The highest BCUT2D eigenvalue weighted by atomic mass is 16.2. The molecule has 196 valence electrons. The highest BCUT2D eigenvalue weighted by Gasteiger charge is 2.33. The minimum absolute atomic E-state index is 0.189. The Labute approximate surface area is 215 Å². The molecular weight excluding hydrogens is 450 g/mol. The van der Waals surface area contributed by atoms with Crippen molar-refractivity contribution in [3.05, 3.63) is 23.9 Å².